The first-order valence-electron chi connectivity index (χ1n) is 10.6. The predicted octanol–water partition coefficient (Wildman–Crippen LogP) is 4.36. The Kier molecular flexibility index (Phi) is 6.69. The summed E-state index contributed by atoms with van der Waals surface area (Å²) in [6, 6.07) is 0. The van der Waals surface area contributed by atoms with Crippen LogP contribution < -0.4 is 5.32 Å². The molecule has 0 radical (unpaired) electrons. The van der Waals surface area contributed by atoms with Crippen LogP contribution in [0.25, 0.3) is 20.4 Å². The van der Waals surface area contributed by atoms with Crippen LogP contribution in [0.4, 0.5) is 5.82 Å². The molecular weight excluding hydrogens is 432 g/mol. The smallest absolute Gasteiger partial charge is 0.189 e. The van der Waals surface area contributed by atoms with Gasteiger partial charge in [0.2, 0.25) is 0 Å². The molecule has 0 fully saturated rings. The van der Waals surface area contributed by atoms with E-state index in [1.807, 2.05) is 6.26 Å². The van der Waals surface area contributed by atoms with Crippen LogP contribution in [0, 0.1) is 0 Å². The van der Waals surface area contributed by atoms with Crippen LogP contribution in [0.3, 0.4) is 0 Å². The molecule has 4 rings (SSSR count). The van der Waals surface area contributed by atoms with E-state index in [0.717, 1.165) is 43.5 Å². The lowest BCUT2D eigenvalue weighted by molar-refractivity contribution is -0.0402. The second-order valence-corrected chi connectivity index (χ2v) is 10.4. The first-order chi connectivity index (χ1) is 14.8. The highest BCUT2D eigenvalue weighted by Gasteiger charge is 2.32. The van der Waals surface area contributed by atoms with Crippen LogP contribution in [0.2, 0.25) is 0 Å². The van der Waals surface area contributed by atoms with Crippen LogP contribution >= 0.6 is 23.1 Å². The number of ether oxygens (including phenoxy) is 2. The van der Waals surface area contributed by atoms with E-state index in [1.54, 1.807) is 11.3 Å². The monoisotopic (exact) mass is 462 g/mol. The van der Waals surface area contributed by atoms with E-state index >= 15 is 0 Å². The molecule has 7 nitrogen and oxygen atoms in total. The lowest BCUT2D eigenvalue weighted by atomic mass is 9.87. The molecule has 0 saturated carbocycles. The fourth-order valence-corrected chi connectivity index (χ4v) is 5.46. The Hall–Kier alpha value is -1.52. The third kappa shape index (κ3) is 4.52. The van der Waals surface area contributed by atoms with E-state index in [-0.39, 0.29) is 12.2 Å². The average molecular weight is 463 g/mol. The number of nitrogens with one attached hydrogen (secondary N) is 1. The normalized spacial score (nSPS) is 15.7. The highest BCUT2D eigenvalue weighted by Crippen LogP contribution is 2.43. The largest absolute Gasteiger partial charge is 0.394 e. The standard InChI is InChI=1S/C22H30N4O3S2/c1-12(2)16-14-11-29-22(3,4)10-13(14)15-17-18(31-20(15)24-16)19(26-21(25-17)30-5)23-6-8-28-9-7-27/h12,27H,6-11H2,1-5H3,(H,23,25,26). The van der Waals surface area contributed by atoms with Crippen molar-refractivity contribution in [3.05, 3.63) is 16.8 Å². The van der Waals surface area contributed by atoms with Crippen molar-refractivity contribution in [2.45, 2.75) is 57.4 Å². The lowest BCUT2D eigenvalue weighted by Crippen LogP contribution is -2.32. The Morgan fingerprint density at radius 1 is 1.23 bits per heavy atom. The highest BCUT2D eigenvalue weighted by atomic mass is 32.2. The Labute approximate surface area is 191 Å². The summed E-state index contributed by atoms with van der Waals surface area (Å²) in [6.07, 6.45) is 2.83. The summed E-state index contributed by atoms with van der Waals surface area (Å²) in [5.41, 5.74) is 4.41. The molecule has 1 aliphatic rings. The second-order valence-electron chi connectivity index (χ2n) is 8.62. The zero-order valence-corrected chi connectivity index (χ0v) is 20.4. The first kappa shape index (κ1) is 22.7. The highest BCUT2D eigenvalue weighted by molar-refractivity contribution is 7.98. The molecule has 0 atom stereocenters. The molecule has 31 heavy (non-hydrogen) atoms. The van der Waals surface area contributed by atoms with Crippen LogP contribution in [0.1, 0.15) is 50.4 Å². The fraction of sp³-hybridized carbons (Fsp3) is 0.591. The number of aliphatic hydroxyl groups is 1. The fourth-order valence-electron chi connectivity index (χ4n) is 3.98. The van der Waals surface area contributed by atoms with Gasteiger partial charge in [0.25, 0.3) is 0 Å². The maximum atomic E-state index is 8.88. The van der Waals surface area contributed by atoms with Gasteiger partial charge in [0.05, 0.1) is 47.9 Å². The minimum atomic E-state index is -0.218. The molecule has 0 bridgehead atoms. The number of aromatic nitrogens is 3. The zero-order chi connectivity index (χ0) is 22.2. The number of pyridine rings is 1. The number of aliphatic hydroxyl groups excluding tert-OH is 1. The number of hydrogen-bond acceptors (Lipinski definition) is 9. The van der Waals surface area contributed by atoms with Gasteiger partial charge < -0.3 is 19.9 Å². The molecule has 9 heteroatoms. The van der Waals surface area contributed by atoms with Gasteiger partial charge in [0, 0.05) is 23.9 Å². The predicted molar refractivity (Wildman–Crippen MR) is 128 cm³/mol. The van der Waals surface area contributed by atoms with Crippen LogP contribution in [-0.2, 0) is 22.5 Å². The van der Waals surface area contributed by atoms with Gasteiger partial charge in [0.15, 0.2) is 5.16 Å². The molecule has 4 heterocycles. The summed E-state index contributed by atoms with van der Waals surface area (Å²) in [4.78, 5) is 15.7. The maximum Gasteiger partial charge on any atom is 0.189 e. The van der Waals surface area contributed by atoms with Crippen molar-refractivity contribution in [1.29, 1.82) is 0 Å². The van der Waals surface area contributed by atoms with Gasteiger partial charge in [-0.25, -0.2) is 15.0 Å². The third-order valence-corrected chi connectivity index (χ3v) is 7.03. The van der Waals surface area contributed by atoms with Gasteiger partial charge in [-0.3, -0.25) is 0 Å². The number of thioether (sulfide) groups is 1. The molecular formula is C22H30N4O3S2. The second kappa shape index (κ2) is 9.15. The molecule has 0 amide bonds. The summed E-state index contributed by atoms with van der Waals surface area (Å²) in [5, 5.41) is 14.2. The molecule has 0 spiro atoms. The van der Waals surface area contributed by atoms with Gasteiger partial charge in [-0.1, -0.05) is 25.6 Å². The number of fused-ring (bicyclic) bond motifs is 5. The quantitative estimate of drug-likeness (QED) is 0.290. The van der Waals surface area contributed by atoms with E-state index in [9.17, 15) is 0 Å². The number of hydrogen-bond donors (Lipinski definition) is 2. The van der Waals surface area contributed by atoms with Gasteiger partial charge in [0.1, 0.15) is 10.6 Å². The van der Waals surface area contributed by atoms with Gasteiger partial charge in [-0.15, -0.1) is 11.3 Å². The lowest BCUT2D eigenvalue weighted by Gasteiger charge is -2.33. The summed E-state index contributed by atoms with van der Waals surface area (Å²) < 4.78 is 12.6. The van der Waals surface area contributed by atoms with Crippen molar-refractivity contribution in [3.63, 3.8) is 0 Å². The Bertz CT molecular complexity index is 1100. The van der Waals surface area contributed by atoms with Crippen molar-refractivity contribution in [3.8, 4) is 0 Å². The summed E-state index contributed by atoms with van der Waals surface area (Å²) in [5.74, 6) is 1.14. The van der Waals surface area contributed by atoms with Crippen molar-refractivity contribution >= 4 is 49.3 Å². The van der Waals surface area contributed by atoms with Gasteiger partial charge >= 0.3 is 0 Å². The Morgan fingerprint density at radius 3 is 2.74 bits per heavy atom. The minimum absolute atomic E-state index is 0.0275. The van der Waals surface area contributed by atoms with Crippen LogP contribution in [0.15, 0.2) is 5.16 Å². The summed E-state index contributed by atoms with van der Waals surface area (Å²) in [7, 11) is 0. The number of anilines is 1. The topological polar surface area (TPSA) is 89.4 Å². The maximum absolute atomic E-state index is 8.88. The van der Waals surface area contributed by atoms with Crippen molar-refractivity contribution in [2.75, 3.05) is 37.9 Å². The molecule has 1 aliphatic heterocycles. The molecule has 3 aromatic heterocycles. The van der Waals surface area contributed by atoms with E-state index in [0.29, 0.717) is 32.3 Å². The van der Waals surface area contributed by atoms with Gasteiger partial charge in [-0.2, -0.15) is 0 Å². The molecule has 168 valence electrons. The van der Waals surface area contributed by atoms with E-state index in [4.69, 9.17) is 29.5 Å². The van der Waals surface area contributed by atoms with Crippen LogP contribution in [0.5, 0.6) is 0 Å². The minimum Gasteiger partial charge on any atom is -0.394 e. The Balaban J connectivity index is 1.88. The molecule has 0 aromatic carbocycles. The molecule has 3 aromatic rings. The number of rotatable bonds is 8. The van der Waals surface area contributed by atoms with Crippen molar-refractivity contribution in [1.82, 2.24) is 15.0 Å². The number of nitrogens with zero attached hydrogens (tertiary/aromatic N) is 3. The molecule has 0 unspecified atom stereocenters. The van der Waals surface area contributed by atoms with Crippen LogP contribution in [-0.4, -0.2) is 58.3 Å². The SMILES string of the molecule is CSc1nc(NCCOCCO)c2sc3nc(C(C)C)c4c(c3c2n1)CC(C)(C)OC4. The van der Waals surface area contributed by atoms with E-state index in [2.05, 4.69) is 33.0 Å². The summed E-state index contributed by atoms with van der Waals surface area (Å²) in [6.45, 7) is 10.7. The third-order valence-electron chi connectivity index (χ3n) is 5.41. The van der Waals surface area contributed by atoms with Gasteiger partial charge in [-0.05, 0) is 31.6 Å². The summed E-state index contributed by atoms with van der Waals surface area (Å²) >= 11 is 3.19. The zero-order valence-electron chi connectivity index (χ0n) is 18.7. The van der Waals surface area contributed by atoms with Crippen molar-refractivity contribution < 1.29 is 14.6 Å². The van der Waals surface area contributed by atoms with E-state index in [1.165, 1.54) is 22.9 Å². The molecule has 0 aliphatic carbocycles. The van der Waals surface area contributed by atoms with Crippen molar-refractivity contribution in [2.24, 2.45) is 0 Å². The molecule has 0 saturated heterocycles. The average Bonchev–Trinajstić information content (AvgIpc) is 3.10. The molecule has 2 N–H and O–H groups in total. The Morgan fingerprint density at radius 2 is 2.03 bits per heavy atom. The number of thiophene rings is 1. The first-order valence-corrected chi connectivity index (χ1v) is 12.6. The van der Waals surface area contributed by atoms with E-state index < -0.39 is 0 Å².